The summed E-state index contributed by atoms with van der Waals surface area (Å²) < 4.78 is 1.01. The highest BCUT2D eigenvalue weighted by Crippen LogP contribution is 2.19. The maximum Gasteiger partial charge on any atom is 0.0693 e. The van der Waals surface area contributed by atoms with Gasteiger partial charge in [0.15, 0.2) is 0 Å². The topological polar surface area (TPSA) is 23.9 Å². The highest BCUT2D eigenvalue weighted by molar-refractivity contribution is 9.10. The molecule has 0 fully saturated rings. The van der Waals surface area contributed by atoms with Crippen molar-refractivity contribution in [2.75, 3.05) is 0 Å². The van der Waals surface area contributed by atoms with Crippen molar-refractivity contribution in [2.45, 2.75) is 6.92 Å². The number of halogens is 1. The Morgan fingerprint density at radius 2 is 2.07 bits per heavy atom. The second-order valence-electron chi connectivity index (χ2n) is 3.33. The monoisotopic (exact) mass is 279 g/mol. The average molecular weight is 280 g/mol. The van der Waals surface area contributed by atoms with Gasteiger partial charge in [0.2, 0.25) is 0 Å². The van der Waals surface area contributed by atoms with Gasteiger partial charge in [-0.25, -0.2) is 0 Å². The molecular formula is C12H10BrNS. The van der Waals surface area contributed by atoms with E-state index in [4.69, 9.17) is 5.41 Å². The van der Waals surface area contributed by atoms with E-state index in [1.165, 1.54) is 4.88 Å². The molecule has 0 spiro atoms. The normalized spacial score (nSPS) is 10.3. The van der Waals surface area contributed by atoms with Gasteiger partial charge in [-0.3, -0.25) is 5.41 Å². The van der Waals surface area contributed by atoms with Gasteiger partial charge in [0.05, 0.1) is 5.71 Å². The van der Waals surface area contributed by atoms with Crippen LogP contribution in [-0.4, -0.2) is 5.71 Å². The second-order valence-corrected chi connectivity index (χ2v) is 5.36. The van der Waals surface area contributed by atoms with Crippen molar-refractivity contribution in [3.63, 3.8) is 0 Å². The molecule has 1 heterocycles. The molecule has 0 aliphatic rings. The zero-order valence-electron chi connectivity index (χ0n) is 8.25. The molecule has 3 heteroatoms. The van der Waals surface area contributed by atoms with Crippen LogP contribution in [0.5, 0.6) is 0 Å². The third kappa shape index (κ3) is 2.36. The maximum absolute atomic E-state index is 8.07. The molecule has 0 saturated heterocycles. The third-order valence-corrected chi connectivity index (χ3v) is 3.49. The van der Waals surface area contributed by atoms with Crippen molar-refractivity contribution >= 4 is 33.0 Å². The van der Waals surface area contributed by atoms with Crippen molar-refractivity contribution in [3.8, 4) is 0 Å². The minimum atomic E-state index is 0.584. The molecule has 0 aliphatic heterocycles. The van der Waals surface area contributed by atoms with E-state index in [1.807, 2.05) is 35.7 Å². The second kappa shape index (κ2) is 4.29. The van der Waals surface area contributed by atoms with Gasteiger partial charge in [0.1, 0.15) is 0 Å². The summed E-state index contributed by atoms with van der Waals surface area (Å²) >= 11 is 5.09. The summed E-state index contributed by atoms with van der Waals surface area (Å²) in [5.41, 5.74) is 2.53. The molecule has 15 heavy (non-hydrogen) atoms. The zero-order chi connectivity index (χ0) is 10.8. The molecule has 2 aromatic rings. The van der Waals surface area contributed by atoms with Crippen LogP contribution in [0.4, 0.5) is 0 Å². The van der Waals surface area contributed by atoms with Crippen LogP contribution < -0.4 is 0 Å². The van der Waals surface area contributed by atoms with E-state index < -0.39 is 0 Å². The molecule has 0 aliphatic carbocycles. The zero-order valence-corrected chi connectivity index (χ0v) is 10.7. The van der Waals surface area contributed by atoms with Crippen LogP contribution in [0, 0.1) is 12.3 Å². The summed E-state index contributed by atoms with van der Waals surface area (Å²) in [6, 6.07) is 9.90. The molecule has 0 bridgehead atoms. The van der Waals surface area contributed by atoms with E-state index in [1.54, 1.807) is 11.3 Å². The van der Waals surface area contributed by atoms with Crippen LogP contribution in [-0.2, 0) is 0 Å². The Hall–Kier alpha value is -0.930. The van der Waals surface area contributed by atoms with E-state index in [0.717, 1.165) is 15.6 Å². The Labute approximate surface area is 101 Å². The first kappa shape index (κ1) is 10.6. The van der Waals surface area contributed by atoms with Crippen molar-refractivity contribution in [3.05, 3.63) is 56.2 Å². The first-order valence-electron chi connectivity index (χ1n) is 4.57. The summed E-state index contributed by atoms with van der Waals surface area (Å²) in [5, 5.41) is 10.1. The Morgan fingerprint density at radius 3 is 2.67 bits per heavy atom. The number of thiophene rings is 1. The molecule has 0 amide bonds. The van der Waals surface area contributed by atoms with Gasteiger partial charge in [-0.1, -0.05) is 28.1 Å². The summed E-state index contributed by atoms with van der Waals surface area (Å²) in [7, 11) is 0. The van der Waals surface area contributed by atoms with Crippen LogP contribution in [0.25, 0.3) is 0 Å². The number of benzene rings is 1. The number of aryl methyl sites for hydroxylation is 1. The molecule has 0 unspecified atom stereocenters. The van der Waals surface area contributed by atoms with Gasteiger partial charge < -0.3 is 0 Å². The summed E-state index contributed by atoms with van der Waals surface area (Å²) in [4.78, 5) is 1.24. The first-order chi connectivity index (χ1) is 7.16. The molecular weight excluding hydrogens is 270 g/mol. The molecule has 2 rings (SSSR count). The molecule has 1 nitrogen and oxygen atoms in total. The van der Waals surface area contributed by atoms with Crippen LogP contribution in [0.3, 0.4) is 0 Å². The fourth-order valence-electron chi connectivity index (χ4n) is 1.39. The lowest BCUT2D eigenvalue weighted by Gasteiger charge is -2.01. The van der Waals surface area contributed by atoms with Gasteiger partial charge in [-0.05, 0) is 25.1 Å². The van der Waals surface area contributed by atoms with Gasteiger partial charge in [-0.2, -0.15) is 0 Å². The lowest BCUT2D eigenvalue weighted by molar-refractivity contribution is 1.46. The van der Waals surface area contributed by atoms with Gasteiger partial charge in [0.25, 0.3) is 0 Å². The predicted molar refractivity (Wildman–Crippen MR) is 69.1 cm³/mol. The Balaban J connectivity index is 2.36. The van der Waals surface area contributed by atoms with Crippen LogP contribution in [0.1, 0.15) is 16.0 Å². The van der Waals surface area contributed by atoms with Crippen LogP contribution >= 0.6 is 27.3 Å². The number of hydrogen-bond acceptors (Lipinski definition) is 2. The van der Waals surface area contributed by atoms with E-state index in [9.17, 15) is 0 Å². The smallest absolute Gasteiger partial charge is 0.0693 e. The largest absolute Gasteiger partial charge is 0.300 e. The van der Waals surface area contributed by atoms with Crippen molar-refractivity contribution < 1.29 is 0 Å². The Bertz CT molecular complexity index is 502. The lowest BCUT2D eigenvalue weighted by atomic mass is 10.1. The summed E-state index contributed by atoms with van der Waals surface area (Å²) in [6.07, 6.45) is 0. The quantitative estimate of drug-likeness (QED) is 0.796. The van der Waals surface area contributed by atoms with Crippen molar-refractivity contribution in [1.29, 1.82) is 5.41 Å². The predicted octanol–water partition coefficient (Wildman–Crippen LogP) is 4.24. The number of hydrogen-bond donors (Lipinski definition) is 1. The summed E-state index contributed by atoms with van der Waals surface area (Å²) in [5.74, 6) is 0. The first-order valence-corrected chi connectivity index (χ1v) is 6.24. The van der Waals surface area contributed by atoms with Crippen molar-refractivity contribution in [1.82, 2.24) is 0 Å². The molecule has 1 N–H and O–H groups in total. The van der Waals surface area contributed by atoms with Crippen molar-refractivity contribution in [2.24, 2.45) is 0 Å². The minimum absolute atomic E-state index is 0.584. The Kier molecular flexibility index (Phi) is 3.03. The standard InChI is InChI=1S/C12H10BrNS/c1-8-5-10(7-15-8)12(14)9-3-2-4-11(13)6-9/h2-7,14H,1H3. The molecule has 0 atom stereocenters. The molecule has 1 aromatic carbocycles. The van der Waals surface area contributed by atoms with E-state index in [-0.39, 0.29) is 0 Å². The SMILES string of the molecule is Cc1cc(C(=N)c2cccc(Br)c2)cs1. The number of rotatable bonds is 2. The number of nitrogens with one attached hydrogen (secondary N) is 1. The minimum Gasteiger partial charge on any atom is -0.300 e. The lowest BCUT2D eigenvalue weighted by Crippen LogP contribution is -1.98. The van der Waals surface area contributed by atoms with Crippen LogP contribution in [0.15, 0.2) is 40.2 Å². The van der Waals surface area contributed by atoms with E-state index in [0.29, 0.717) is 5.71 Å². The van der Waals surface area contributed by atoms with Gasteiger partial charge in [-0.15, -0.1) is 11.3 Å². The van der Waals surface area contributed by atoms with Gasteiger partial charge >= 0.3 is 0 Å². The van der Waals surface area contributed by atoms with Gasteiger partial charge in [0, 0.05) is 25.9 Å². The fourth-order valence-corrected chi connectivity index (χ4v) is 2.48. The van der Waals surface area contributed by atoms with E-state index >= 15 is 0 Å². The molecule has 0 radical (unpaired) electrons. The average Bonchev–Trinajstić information content (AvgIpc) is 2.64. The highest BCUT2D eigenvalue weighted by atomic mass is 79.9. The van der Waals surface area contributed by atoms with Crippen LogP contribution in [0.2, 0.25) is 0 Å². The maximum atomic E-state index is 8.07. The summed E-state index contributed by atoms with van der Waals surface area (Å²) in [6.45, 7) is 2.06. The molecule has 76 valence electrons. The highest BCUT2D eigenvalue weighted by Gasteiger charge is 2.06. The van der Waals surface area contributed by atoms with E-state index in [2.05, 4.69) is 22.9 Å². The fraction of sp³-hybridized carbons (Fsp3) is 0.0833. The Morgan fingerprint density at radius 1 is 1.27 bits per heavy atom. The molecule has 0 saturated carbocycles. The molecule has 1 aromatic heterocycles. The third-order valence-electron chi connectivity index (χ3n) is 2.13.